The number of fused-ring (bicyclic) bond motifs is 12. The van der Waals surface area contributed by atoms with Gasteiger partial charge in [0.15, 0.2) is 5.82 Å². The van der Waals surface area contributed by atoms with Crippen molar-refractivity contribution in [3.63, 3.8) is 0 Å². The van der Waals surface area contributed by atoms with Crippen LogP contribution >= 0.6 is 0 Å². The number of benzene rings is 11. The third-order valence-corrected chi connectivity index (χ3v) is 16.5. The van der Waals surface area contributed by atoms with Gasteiger partial charge in [-0.25, -0.2) is 0 Å². The quantitative estimate of drug-likeness (QED) is 0.160. The maximum Gasteiger partial charge on any atom is 0.240 e. The topological polar surface area (TPSA) is 48.5 Å². The Kier molecular flexibility index (Phi) is 9.10. The molecule has 0 aliphatic heterocycles. The number of aromatic nitrogens is 5. The fourth-order valence-electron chi connectivity index (χ4n) is 13.5. The summed E-state index contributed by atoms with van der Waals surface area (Å²) in [6, 6.07) is 99.4. The molecule has 0 radical (unpaired) electrons. The Labute approximate surface area is 439 Å². The van der Waals surface area contributed by atoms with E-state index >= 15 is 0 Å². The second kappa shape index (κ2) is 16.3. The van der Waals surface area contributed by atoms with Gasteiger partial charge in [0.1, 0.15) is 0 Å². The van der Waals surface area contributed by atoms with Crippen molar-refractivity contribution in [1.29, 1.82) is 0 Å². The van der Waals surface area contributed by atoms with Gasteiger partial charge in [0.2, 0.25) is 11.9 Å². The number of nitrogens with zero attached hydrogens (tertiary/aromatic N) is 5. The van der Waals surface area contributed by atoms with E-state index in [0.29, 0.717) is 17.7 Å². The van der Waals surface area contributed by atoms with Crippen molar-refractivity contribution < 1.29 is 0 Å². The highest BCUT2D eigenvalue weighted by Crippen LogP contribution is 2.59. The van der Waals surface area contributed by atoms with Gasteiger partial charge in [0.25, 0.3) is 0 Å². The summed E-state index contributed by atoms with van der Waals surface area (Å²) in [4.78, 5) is 16.8. The Hall–Kier alpha value is -9.97. The summed E-state index contributed by atoms with van der Waals surface area (Å²) < 4.78 is 4.56. The third-order valence-electron chi connectivity index (χ3n) is 16.5. The standard InChI is InChI=1S/C71H45N5/c1-6-24-46(25-7-1)67-72-68(75-63-40-22-18-36-53(63)57-42-55-51-34-16-20-38-59(51)70(61(55)44-65(57)75,47-26-8-2-9-27-47)48-28-10-3-11-29-48)74-69(73-67)76-64-41-23-19-37-54(64)58-43-56-52-35-17-21-39-60(52)71(62(56)45-66(58)76,49-30-12-4-13-31-49)50-32-14-5-15-33-50/h1-45H. The molecule has 5 heteroatoms. The van der Waals surface area contributed by atoms with Crippen LogP contribution in [0, 0.1) is 0 Å². The van der Waals surface area contributed by atoms with E-state index in [-0.39, 0.29) is 0 Å². The monoisotopic (exact) mass is 967 g/mol. The molecule has 0 atom stereocenters. The summed E-state index contributed by atoms with van der Waals surface area (Å²) in [6.07, 6.45) is 0. The van der Waals surface area contributed by atoms with E-state index in [4.69, 9.17) is 15.0 Å². The van der Waals surface area contributed by atoms with Crippen LogP contribution < -0.4 is 0 Å². The summed E-state index contributed by atoms with van der Waals surface area (Å²) in [5.41, 5.74) is 18.6. The summed E-state index contributed by atoms with van der Waals surface area (Å²) in [6.45, 7) is 0. The van der Waals surface area contributed by atoms with Gasteiger partial charge in [-0.2, -0.15) is 15.0 Å². The molecular weight excluding hydrogens is 923 g/mol. The van der Waals surface area contributed by atoms with Gasteiger partial charge < -0.3 is 0 Å². The van der Waals surface area contributed by atoms with E-state index in [1.807, 2.05) is 6.07 Å². The minimum Gasteiger partial charge on any atom is -0.278 e. The largest absolute Gasteiger partial charge is 0.278 e. The molecule has 0 spiro atoms. The Balaban J connectivity index is 1.01. The van der Waals surface area contributed by atoms with Crippen LogP contribution in [0.25, 0.3) is 89.2 Å². The molecule has 3 heterocycles. The number of para-hydroxylation sites is 2. The first-order valence-electron chi connectivity index (χ1n) is 26.1. The molecule has 14 aromatic rings. The highest BCUT2D eigenvalue weighted by Gasteiger charge is 2.48. The molecule has 5 nitrogen and oxygen atoms in total. The van der Waals surface area contributed by atoms with Gasteiger partial charge in [0.05, 0.1) is 32.9 Å². The fraction of sp³-hybridized carbons (Fsp3) is 0.0282. The molecule has 0 fully saturated rings. The highest BCUT2D eigenvalue weighted by atomic mass is 15.3. The fourth-order valence-corrected chi connectivity index (χ4v) is 13.5. The first-order valence-corrected chi connectivity index (χ1v) is 26.1. The smallest absolute Gasteiger partial charge is 0.240 e. The van der Waals surface area contributed by atoms with Crippen molar-refractivity contribution in [2.75, 3.05) is 0 Å². The van der Waals surface area contributed by atoms with Crippen LogP contribution in [-0.2, 0) is 10.8 Å². The van der Waals surface area contributed by atoms with Crippen molar-refractivity contribution in [1.82, 2.24) is 24.1 Å². The van der Waals surface area contributed by atoms with E-state index < -0.39 is 10.8 Å². The summed E-state index contributed by atoms with van der Waals surface area (Å²) in [5.74, 6) is 1.67. The molecule has 11 aromatic carbocycles. The molecule has 0 N–H and O–H groups in total. The zero-order chi connectivity index (χ0) is 50.0. The molecule has 0 saturated heterocycles. The second-order valence-corrected chi connectivity index (χ2v) is 20.2. The van der Waals surface area contributed by atoms with E-state index in [1.165, 1.54) is 66.8 Å². The van der Waals surface area contributed by atoms with Crippen LogP contribution in [0.3, 0.4) is 0 Å². The van der Waals surface area contributed by atoms with Crippen LogP contribution in [-0.4, -0.2) is 24.1 Å². The van der Waals surface area contributed by atoms with E-state index in [1.54, 1.807) is 0 Å². The Morgan fingerprint density at radius 3 is 1.00 bits per heavy atom. The molecule has 0 unspecified atom stereocenters. The summed E-state index contributed by atoms with van der Waals surface area (Å²) in [7, 11) is 0. The summed E-state index contributed by atoms with van der Waals surface area (Å²) >= 11 is 0. The van der Waals surface area contributed by atoms with E-state index in [9.17, 15) is 0 Å². The number of hydrogen-bond acceptors (Lipinski definition) is 3. The first kappa shape index (κ1) is 42.5. The van der Waals surface area contributed by atoms with Gasteiger partial charge in [-0.1, -0.05) is 237 Å². The van der Waals surface area contributed by atoms with Crippen LogP contribution in [0.5, 0.6) is 0 Å². The second-order valence-electron chi connectivity index (χ2n) is 20.2. The minimum atomic E-state index is -0.596. The van der Waals surface area contributed by atoms with Crippen molar-refractivity contribution in [3.05, 3.63) is 317 Å². The Morgan fingerprint density at radius 2 is 0.592 bits per heavy atom. The SMILES string of the molecule is c1ccc(-c2nc(-n3c4ccccc4c4cc5c(cc43)C(c3ccccc3)(c3ccccc3)c3ccccc3-5)nc(-n3c4ccccc4c4cc5c(cc43)C(c3ccccc3)(c3ccccc3)c3ccccc3-5)n2)cc1. The highest BCUT2D eigenvalue weighted by molar-refractivity contribution is 6.13. The molecule has 3 aromatic heterocycles. The predicted octanol–water partition coefficient (Wildman–Crippen LogP) is 16.5. The van der Waals surface area contributed by atoms with E-state index in [0.717, 1.165) is 49.2 Å². The normalized spacial score (nSPS) is 13.7. The summed E-state index contributed by atoms with van der Waals surface area (Å²) in [5, 5.41) is 4.52. The Morgan fingerprint density at radius 1 is 0.250 bits per heavy atom. The van der Waals surface area contributed by atoms with Gasteiger partial charge >= 0.3 is 0 Å². The van der Waals surface area contributed by atoms with Crippen LogP contribution in [0.1, 0.15) is 44.5 Å². The molecule has 2 aliphatic rings. The molecular formula is C71H45N5. The number of hydrogen-bond donors (Lipinski definition) is 0. The molecule has 76 heavy (non-hydrogen) atoms. The lowest BCUT2D eigenvalue weighted by Crippen LogP contribution is -2.28. The van der Waals surface area contributed by atoms with Crippen molar-refractivity contribution in [3.8, 4) is 45.5 Å². The van der Waals surface area contributed by atoms with Crippen molar-refractivity contribution in [2.24, 2.45) is 0 Å². The van der Waals surface area contributed by atoms with Gasteiger partial charge in [0, 0.05) is 27.1 Å². The lowest BCUT2D eigenvalue weighted by atomic mass is 9.67. The predicted molar refractivity (Wildman–Crippen MR) is 309 cm³/mol. The van der Waals surface area contributed by atoms with Crippen LogP contribution in [0.15, 0.2) is 273 Å². The van der Waals surface area contributed by atoms with Crippen molar-refractivity contribution >= 4 is 43.6 Å². The molecule has 2 aliphatic carbocycles. The zero-order valence-corrected chi connectivity index (χ0v) is 41.2. The first-order chi connectivity index (χ1) is 37.7. The minimum absolute atomic E-state index is 0.540. The molecule has 0 amide bonds. The van der Waals surface area contributed by atoms with E-state index in [2.05, 4.69) is 276 Å². The van der Waals surface area contributed by atoms with Crippen LogP contribution in [0.2, 0.25) is 0 Å². The van der Waals surface area contributed by atoms with Gasteiger partial charge in [-0.15, -0.1) is 0 Å². The molecule has 0 saturated carbocycles. The van der Waals surface area contributed by atoms with Gasteiger partial charge in [-0.3, -0.25) is 9.13 Å². The average molecular weight is 968 g/mol. The van der Waals surface area contributed by atoms with Crippen LogP contribution in [0.4, 0.5) is 0 Å². The maximum atomic E-state index is 5.72. The number of rotatable bonds is 7. The zero-order valence-electron chi connectivity index (χ0n) is 41.2. The van der Waals surface area contributed by atoms with Crippen molar-refractivity contribution in [2.45, 2.75) is 10.8 Å². The lowest BCUT2D eigenvalue weighted by molar-refractivity contribution is 0.768. The molecule has 0 bridgehead atoms. The molecule has 354 valence electrons. The molecule has 16 rings (SSSR count). The third kappa shape index (κ3) is 5.77. The Bertz CT molecular complexity index is 4260. The maximum absolute atomic E-state index is 5.72. The average Bonchev–Trinajstić information content (AvgIpc) is 4.40. The van der Waals surface area contributed by atoms with Gasteiger partial charge in [-0.05, 0) is 103 Å². The lowest BCUT2D eigenvalue weighted by Gasteiger charge is -2.34.